The molecule has 0 aliphatic heterocycles. The van der Waals surface area contributed by atoms with Gasteiger partial charge in [0, 0.05) is 13.2 Å². The van der Waals surface area contributed by atoms with E-state index in [0.717, 1.165) is 16.6 Å². The number of hydrogen-bond donors (Lipinski definition) is 1. The number of nitrogens with zero attached hydrogens (tertiary/aromatic N) is 3. The van der Waals surface area contributed by atoms with Gasteiger partial charge in [0.2, 0.25) is 5.91 Å². The number of carbonyl (C=O) groups excluding carboxylic acids is 1. The first-order valence-corrected chi connectivity index (χ1v) is 9.65. The lowest BCUT2D eigenvalue weighted by Crippen LogP contribution is -2.38. The van der Waals surface area contributed by atoms with Gasteiger partial charge in [-0.05, 0) is 51.6 Å². The second kappa shape index (κ2) is 7.59. The first kappa shape index (κ1) is 18.6. The molecule has 0 aliphatic carbocycles. The van der Waals surface area contributed by atoms with Gasteiger partial charge in [0.15, 0.2) is 0 Å². The molecule has 26 heavy (non-hydrogen) atoms. The molecule has 0 aromatic carbocycles. The highest BCUT2D eigenvalue weighted by Crippen LogP contribution is 2.24. The van der Waals surface area contributed by atoms with Crippen LogP contribution in [0.15, 0.2) is 22.3 Å². The van der Waals surface area contributed by atoms with Crippen LogP contribution >= 0.6 is 11.3 Å². The van der Waals surface area contributed by atoms with Crippen molar-refractivity contribution in [1.82, 2.24) is 19.5 Å². The smallest absolute Gasteiger partial charge is 0.291 e. The first-order valence-electron chi connectivity index (χ1n) is 8.77. The normalized spacial score (nSPS) is 13.0. The summed E-state index contributed by atoms with van der Waals surface area (Å²) in [6, 6.07) is 3.16. The molecule has 8 heteroatoms. The number of thiophene rings is 1. The van der Waals surface area contributed by atoms with Gasteiger partial charge in [-0.1, -0.05) is 0 Å². The second-order valence-electron chi connectivity index (χ2n) is 6.57. The van der Waals surface area contributed by atoms with E-state index in [4.69, 9.17) is 4.74 Å². The van der Waals surface area contributed by atoms with Gasteiger partial charge in [0.25, 0.3) is 5.56 Å². The van der Waals surface area contributed by atoms with Crippen LogP contribution in [0.2, 0.25) is 0 Å². The van der Waals surface area contributed by atoms with Crippen LogP contribution in [-0.4, -0.2) is 39.3 Å². The molecule has 1 atom stereocenters. The van der Waals surface area contributed by atoms with E-state index in [9.17, 15) is 9.59 Å². The predicted molar refractivity (Wildman–Crippen MR) is 103 cm³/mol. The van der Waals surface area contributed by atoms with Crippen molar-refractivity contribution < 1.29 is 9.53 Å². The van der Waals surface area contributed by atoms with Crippen molar-refractivity contribution >= 4 is 33.0 Å². The van der Waals surface area contributed by atoms with Crippen molar-refractivity contribution in [1.29, 1.82) is 0 Å². The SMILES string of the molecule is Cc1nn(C(C)C(=O)NCCCOC(C)C)c(=O)c2cc3sccc3n12. The third-order valence-corrected chi connectivity index (χ3v) is 5.10. The van der Waals surface area contributed by atoms with Gasteiger partial charge in [-0.15, -0.1) is 11.3 Å². The minimum atomic E-state index is -0.676. The van der Waals surface area contributed by atoms with E-state index < -0.39 is 6.04 Å². The minimum absolute atomic E-state index is 0.179. The molecule has 1 unspecified atom stereocenters. The summed E-state index contributed by atoms with van der Waals surface area (Å²) in [6.07, 6.45) is 0.908. The summed E-state index contributed by atoms with van der Waals surface area (Å²) in [7, 11) is 0. The Labute approximate surface area is 155 Å². The van der Waals surface area contributed by atoms with Crippen molar-refractivity contribution in [2.75, 3.05) is 13.2 Å². The molecule has 0 aliphatic rings. The fourth-order valence-corrected chi connectivity index (χ4v) is 3.72. The van der Waals surface area contributed by atoms with E-state index in [2.05, 4.69) is 10.4 Å². The molecule has 3 heterocycles. The number of aromatic nitrogens is 3. The Morgan fingerprint density at radius 3 is 2.85 bits per heavy atom. The van der Waals surface area contributed by atoms with Gasteiger partial charge in [-0.25, -0.2) is 4.68 Å². The molecule has 3 rings (SSSR count). The molecule has 3 aromatic rings. The lowest BCUT2D eigenvalue weighted by molar-refractivity contribution is -0.124. The topological polar surface area (TPSA) is 77.6 Å². The van der Waals surface area contributed by atoms with Crippen molar-refractivity contribution in [3.63, 3.8) is 0 Å². The highest BCUT2D eigenvalue weighted by atomic mass is 32.1. The predicted octanol–water partition coefficient (Wildman–Crippen LogP) is 2.51. The Bertz CT molecular complexity index is 986. The zero-order chi connectivity index (χ0) is 18.8. The highest BCUT2D eigenvalue weighted by molar-refractivity contribution is 7.17. The molecule has 3 aromatic heterocycles. The van der Waals surface area contributed by atoms with Crippen molar-refractivity contribution in [3.8, 4) is 0 Å². The molecule has 0 bridgehead atoms. The van der Waals surface area contributed by atoms with Gasteiger partial charge in [0.05, 0.1) is 16.3 Å². The Morgan fingerprint density at radius 2 is 2.12 bits per heavy atom. The van der Waals surface area contributed by atoms with Gasteiger partial charge < -0.3 is 10.1 Å². The van der Waals surface area contributed by atoms with Crippen LogP contribution in [0.4, 0.5) is 0 Å². The zero-order valence-corrected chi connectivity index (χ0v) is 16.3. The number of ether oxygens (including phenoxy) is 1. The maximum atomic E-state index is 12.8. The maximum Gasteiger partial charge on any atom is 0.291 e. The fraction of sp³-hybridized carbons (Fsp3) is 0.500. The lowest BCUT2D eigenvalue weighted by Gasteiger charge is -2.16. The molecule has 0 saturated carbocycles. The molecule has 0 radical (unpaired) electrons. The third-order valence-electron chi connectivity index (χ3n) is 4.24. The third kappa shape index (κ3) is 3.52. The molecule has 1 amide bonds. The molecule has 140 valence electrons. The number of fused-ring (bicyclic) bond motifs is 3. The van der Waals surface area contributed by atoms with Gasteiger partial charge in [0.1, 0.15) is 17.4 Å². The minimum Gasteiger partial charge on any atom is -0.379 e. The Kier molecular flexibility index (Phi) is 5.43. The average Bonchev–Trinajstić information content (AvgIpc) is 3.17. The van der Waals surface area contributed by atoms with Crippen LogP contribution in [0.1, 0.15) is 39.1 Å². The number of amides is 1. The van der Waals surface area contributed by atoms with Crippen LogP contribution < -0.4 is 10.9 Å². The van der Waals surface area contributed by atoms with Crippen LogP contribution in [0.3, 0.4) is 0 Å². The number of hydrogen-bond acceptors (Lipinski definition) is 5. The van der Waals surface area contributed by atoms with Crippen molar-refractivity contribution in [3.05, 3.63) is 33.7 Å². The van der Waals surface area contributed by atoms with E-state index >= 15 is 0 Å². The Hall–Kier alpha value is -2.19. The fourth-order valence-electron chi connectivity index (χ4n) is 2.92. The molecule has 1 N–H and O–H groups in total. The summed E-state index contributed by atoms with van der Waals surface area (Å²) >= 11 is 1.58. The molecule has 0 fully saturated rings. The van der Waals surface area contributed by atoms with E-state index in [-0.39, 0.29) is 17.6 Å². The summed E-state index contributed by atoms with van der Waals surface area (Å²) in [4.78, 5) is 25.2. The largest absolute Gasteiger partial charge is 0.379 e. The van der Waals surface area contributed by atoms with E-state index in [1.165, 1.54) is 4.68 Å². The number of aryl methyl sites for hydroxylation is 1. The highest BCUT2D eigenvalue weighted by Gasteiger charge is 2.20. The summed E-state index contributed by atoms with van der Waals surface area (Å²) in [6.45, 7) is 8.58. The number of rotatable bonds is 7. The van der Waals surface area contributed by atoms with Gasteiger partial charge >= 0.3 is 0 Å². The van der Waals surface area contributed by atoms with Crippen LogP contribution in [0.5, 0.6) is 0 Å². The first-order chi connectivity index (χ1) is 12.4. The molecule has 0 spiro atoms. The van der Waals surface area contributed by atoms with Crippen LogP contribution in [0, 0.1) is 6.92 Å². The zero-order valence-electron chi connectivity index (χ0n) is 15.5. The molecular formula is C18H24N4O3S. The number of carbonyl (C=O) groups is 1. The van der Waals surface area contributed by atoms with Gasteiger partial charge in [-0.2, -0.15) is 5.10 Å². The van der Waals surface area contributed by atoms with E-state index in [1.54, 1.807) is 18.3 Å². The molecular weight excluding hydrogens is 352 g/mol. The summed E-state index contributed by atoms with van der Waals surface area (Å²) in [5.74, 6) is 0.458. The van der Waals surface area contributed by atoms with Crippen molar-refractivity contribution in [2.24, 2.45) is 0 Å². The second-order valence-corrected chi connectivity index (χ2v) is 7.52. The lowest BCUT2D eigenvalue weighted by atomic mass is 10.3. The van der Waals surface area contributed by atoms with Crippen LogP contribution in [-0.2, 0) is 9.53 Å². The standard InChI is InChI=1S/C18H24N4O3S/c1-11(2)25-8-5-7-19-17(23)12(3)22-18(24)15-10-16-14(6-9-26-16)21(15)13(4)20-22/h6,9-12H,5,7-8H2,1-4H3,(H,19,23). The quantitative estimate of drug-likeness (QED) is 0.643. The molecule has 7 nitrogen and oxygen atoms in total. The summed E-state index contributed by atoms with van der Waals surface area (Å²) in [5, 5.41) is 9.21. The van der Waals surface area contributed by atoms with Gasteiger partial charge in [-0.3, -0.25) is 14.0 Å². The Balaban J connectivity index is 1.77. The summed E-state index contributed by atoms with van der Waals surface area (Å²) in [5.41, 5.74) is 1.26. The summed E-state index contributed by atoms with van der Waals surface area (Å²) < 4.78 is 9.60. The maximum absolute atomic E-state index is 12.8. The average molecular weight is 376 g/mol. The monoisotopic (exact) mass is 376 g/mol. The van der Waals surface area contributed by atoms with Crippen LogP contribution in [0.25, 0.3) is 15.7 Å². The van der Waals surface area contributed by atoms with Crippen molar-refractivity contribution in [2.45, 2.75) is 46.3 Å². The number of nitrogens with one attached hydrogen (secondary N) is 1. The van der Waals surface area contributed by atoms with E-state index in [1.807, 2.05) is 42.7 Å². The van der Waals surface area contributed by atoms with E-state index in [0.29, 0.717) is 24.5 Å². The molecule has 0 saturated heterocycles. The Morgan fingerprint density at radius 1 is 1.35 bits per heavy atom.